The van der Waals surface area contributed by atoms with Gasteiger partial charge in [0.2, 0.25) is 0 Å². The Balaban J connectivity index is 2.37. The van der Waals surface area contributed by atoms with E-state index in [0.717, 1.165) is 12.1 Å². The first-order chi connectivity index (χ1) is 8.65. The highest BCUT2D eigenvalue weighted by Crippen LogP contribution is 2.16. The van der Waals surface area contributed by atoms with Crippen LogP contribution in [0.3, 0.4) is 0 Å². The van der Waals surface area contributed by atoms with Gasteiger partial charge in [0, 0.05) is 18.8 Å². The van der Waals surface area contributed by atoms with Crippen molar-refractivity contribution in [3.8, 4) is 0 Å². The van der Waals surface area contributed by atoms with Crippen LogP contribution in [0.15, 0.2) is 24.4 Å². The predicted octanol–water partition coefficient (Wildman–Crippen LogP) is 2.04. The maximum Gasteiger partial charge on any atom is 0.0822 e. The molecule has 18 heavy (non-hydrogen) atoms. The van der Waals surface area contributed by atoms with Gasteiger partial charge < -0.3 is 5.11 Å². The van der Waals surface area contributed by atoms with E-state index in [1.54, 1.807) is 6.20 Å². The quantitative estimate of drug-likeness (QED) is 0.719. The maximum atomic E-state index is 10.3. The van der Waals surface area contributed by atoms with Gasteiger partial charge in [0.25, 0.3) is 0 Å². The van der Waals surface area contributed by atoms with Crippen LogP contribution in [-0.4, -0.2) is 41.3 Å². The number of pyridine rings is 1. The molecule has 0 aliphatic heterocycles. The molecule has 4 heteroatoms. The molecule has 1 aromatic heterocycles. The molecule has 0 spiro atoms. The molecule has 0 amide bonds. The Morgan fingerprint density at radius 1 is 1.39 bits per heavy atom. The molecule has 0 bridgehead atoms. The monoisotopic (exact) mass is 251 g/mol. The van der Waals surface area contributed by atoms with Gasteiger partial charge in [0.05, 0.1) is 18.4 Å². The second-order valence-electron chi connectivity index (χ2n) is 4.72. The molecule has 0 aromatic carbocycles. The van der Waals surface area contributed by atoms with Crippen molar-refractivity contribution in [3.05, 3.63) is 30.1 Å². The fourth-order valence-corrected chi connectivity index (χ4v) is 1.91. The SMILES string of the molecule is CC(c1ccccn1)N(C)CC(O)CCCC[O]. The van der Waals surface area contributed by atoms with Crippen LogP contribution in [0, 0.1) is 0 Å². The first-order valence-corrected chi connectivity index (χ1v) is 6.52. The molecule has 0 saturated carbocycles. The molecule has 0 fully saturated rings. The summed E-state index contributed by atoms with van der Waals surface area (Å²) in [6.45, 7) is 2.64. The Kier molecular flexibility index (Phi) is 6.86. The molecule has 1 aromatic rings. The molecular weight excluding hydrogens is 228 g/mol. The van der Waals surface area contributed by atoms with Crippen molar-refractivity contribution >= 4 is 0 Å². The van der Waals surface area contributed by atoms with Crippen LogP contribution in [0.25, 0.3) is 0 Å². The number of rotatable bonds is 8. The van der Waals surface area contributed by atoms with Gasteiger partial charge in [-0.15, -0.1) is 0 Å². The third kappa shape index (κ3) is 5.12. The molecule has 2 unspecified atom stereocenters. The molecular formula is C14H23N2O2. The Hall–Kier alpha value is -0.970. The molecule has 2 atom stereocenters. The lowest BCUT2D eigenvalue weighted by Crippen LogP contribution is -2.31. The summed E-state index contributed by atoms with van der Waals surface area (Å²) in [5.41, 5.74) is 1.01. The van der Waals surface area contributed by atoms with Crippen LogP contribution >= 0.6 is 0 Å². The summed E-state index contributed by atoms with van der Waals surface area (Å²) in [5.74, 6) is 0. The van der Waals surface area contributed by atoms with Crippen molar-refractivity contribution < 1.29 is 10.2 Å². The normalized spacial score (nSPS) is 14.7. The lowest BCUT2D eigenvalue weighted by molar-refractivity contribution is 0.0944. The zero-order valence-electron chi connectivity index (χ0n) is 11.2. The molecule has 1 heterocycles. The first-order valence-electron chi connectivity index (χ1n) is 6.52. The summed E-state index contributed by atoms with van der Waals surface area (Å²) in [5, 5.41) is 20.2. The van der Waals surface area contributed by atoms with Crippen LogP contribution in [0.5, 0.6) is 0 Å². The number of unbranched alkanes of at least 4 members (excludes halogenated alkanes) is 1. The minimum atomic E-state index is -0.368. The van der Waals surface area contributed by atoms with Gasteiger partial charge in [-0.05, 0) is 45.4 Å². The highest BCUT2D eigenvalue weighted by Gasteiger charge is 2.15. The number of nitrogens with zero attached hydrogens (tertiary/aromatic N) is 2. The number of aliphatic hydroxyl groups excluding tert-OH is 1. The fourth-order valence-electron chi connectivity index (χ4n) is 1.91. The summed E-state index contributed by atoms with van der Waals surface area (Å²) in [4.78, 5) is 6.41. The van der Waals surface area contributed by atoms with Gasteiger partial charge in [-0.25, -0.2) is 5.11 Å². The number of aliphatic hydroxyl groups is 1. The van der Waals surface area contributed by atoms with Gasteiger partial charge in [0.15, 0.2) is 0 Å². The molecule has 1 radical (unpaired) electrons. The lowest BCUT2D eigenvalue weighted by Gasteiger charge is -2.26. The highest BCUT2D eigenvalue weighted by molar-refractivity contribution is 5.07. The Morgan fingerprint density at radius 2 is 2.17 bits per heavy atom. The number of likely N-dealkylation sites (N-methyl/N-ethyl adjacent to an activating group) is 1. The van der Waals surface area contributed by atoms with Gasteiger partial charge >= 0.3 is 0 Å². The Morgan fingerprint density at radius 3 is 2.78 bits per heavy atom. The summed E-state index contributed by atoms with van der Waals surface area (Å²) < 4.78 is 0. The molecule has 0 aliphatic carbocycles. The highest BCUT2D eigenvalue weighted by atomic mass is 16.3. The predicted molar refractivity (Wildman–Crippen MR) is 70.7 cm³/mol. The van der Waals surface area contributed by atoms with E-state index in [2.05, 4.69) is 16.8 Å². The zero-order chi connectivity index (χ0) is 13.4. The van der Waals surface area contributed by atoms with Crippen molar-refractivity contribution in [2.24, 2.45) is 0 Å². The lowest BCUT2D eigenvalue weighted by atomic mass is 10.1. The number of hydrogen-bond acceptors (Lipinski definition) is 3. The van der Waals surface area contributed by atoms with Crippen LogP contribution in [0.4, 0.5) is 0 Å². The third-order valence-electron chi connectivity index (χ3n) is 3.21. The van der Waals surface area contributed by atoms with Crippen molar-refractivity contribution in [2.45, 2.75) is 38.3 Å². The van der Waals surface area contributed by atoms with E-state index in [1.165, 1.54) is 0 Å². The van der Waals surface area contributed by atoms with Gasteiger partial charge in [0.1, 0.15) is 0 Å². The van der Waals surface area contributed by atoms with Crippen molar-refractivity contribution in [1.29, 1.82) is 0 Å². The smallest absolute Gasteiger partial charge is 0.0822 e. The maximum absolute atomic E-state index is 10.3. The molecule has 1 N–H and O–H groups in total. The van der Waals surface area contributed by atoms with Crippen LogP contribution in [-0.2, 0) is 5.11 Å². The van der Waals surface area contributed by atoms with Crippen molar-refractivity contribution in [3.63, 3.8) is 0 Å². The Labute approximate surface area is 109 Å². The average molecular weight is 251 g/mol. The Bertz CT molecular complexity index is 319. The van der Waals surface area contributed by atoms with E-state index in [9.17, 15) is 10.2 Å². The van der Waals surface area contributed by atoms with Crippen molar-refractivity contribution in [1.82, 2.24) is 9.88 Å². The summed E-state index contributed by atoms with van der Waals surface area (Å²) in [6, 6.07) is 6.04. The van der Waals surface area contributed by atoms with Crippen molar-refractivity contribution in [2.75, 3.05) is 20.2 Å². The van der Waals surface area contributed by atoms with E-state index in [-0.39, 0.29) is 18.8 Å². The van der Waals surface area contributed by atoms with Gasteiger partial charge in [-0.2, -0.15) is 0 Å². The zero-order valence-corrected chi connectivity index (χ0v) is 11.2. The summed E-state index contributed by atoms with van der Waals surface area (Å²) in [6.07, 6.45) is 3.56. The summed E-state index contributed by atoms with van der Waals surface area (Å²) >= 11 is 0. The fraction of sp³-hybridized carbons (Fsp3) is 0.643. The molecule has 101 valence electrons. The van der Waals surface area contributed by atoms with Gasteiger partial charge in [-0.1, -0.05) is 6.07 Å². The van der Waals surface area contributed by atoms with E-state index in [0.29, 0.717) is 19.4 Å². The van der Waals surface area contributed by atoms with E-state index in [1.807, 2.05) is 25.2 Å². The minimum absolute atomic E-state index is 0.0487. The third-order valence-corrected chi connectivity index (χ3v) is 3.21. The number of hydrogen-bond donors (Lipinski definition) is 1. The topological polar surface area (TPSA) is 56.3 Å². The van der Waals surface area contributed by atoms with Crippen LogP contribution in [0.2, 0.25) is 0 Å². The number of aromatic nitrogens is 1. The minimum Gasteiger partial charge on any atom is -0.392 e. The second kappa shape index (κ2) is 8.19. The van der Waals surface area contributed by atoms with E-state index in [4.69, 9.17) is 0 Å². The largest absolute Gasteiger partial charge is 0.392 e. The van der Waals surface area contributed by atoms with Crippen LogP contribution < -0.4 is 0 Å². The van der Waals surface area contributed by atoms with Gasteiger partial charge in [-0.3, -0.25) is 9.88 Å². The molecule has 0 saturated heterocycles. The average Bonchev–Trinajstić information content (AvgIpc) is 2.39. The molecule has 1 rings (SSSR count). The first kappa shape index (κ1) is 15.1. The van der Waals surface area contributed by atoms with E-state index >= 15 is 0 Å². The van der Waals surface area contributed by atoms with Crippen LogP contribution in [0.1, 0.15) is 37.9 Å². The summed E-state index contributed by atoms with van der Waals surface area (Å²) in [7, 11) is 1.98. The molecule has 4 nitrogen and oxygen atoms in total. The molecule has 0 aliphatic rings. The standard InChI is InChI=1S/C14H23N2O2/c1-12(14-8-3-5-9-15-14)16(2)11-13(18)7-4-6-10-17/h3,5,8-9,12-13,18H,4,6-7,10-11H2,1-2H3. The van der Waals surface area contributed by atoms with E-state index < -0.39 is 0 Å². The second-order valence-corrected chi connectivity index (χ2v) is 4.72.